The summed E-state index contributed by atoms with van der Waals surface area (Å²) in [6, 6.07) is 18.2. The SMILES string of the molecule is O=C1NC(=S)N(c2ccc(Oc3ccccc3)cc2)C(=O)C1=Cc1cc2c(cc1[N+](=O)[O-])OCO2. The second kappa shape index (κ2) is 8.88. The van der Waals surface area contributed by atoms with Crippen LogP contribution < -0.4 is 24.4 Å². The van der Waals surface area contributed by atoms with E-state index in [-0.39, 0.29) is 40.2 Å². The van der Waals surface area contributed by atoms with Crippen molar-refractivity contribution in [2.24, 2.45) is 0 Å². The standard InChI is InChI=1S/C24H15N3O7S/c28-22-18(10-14-11-20-21(33-13-32-20)12-19(14)27(30)31)23(29)26(24(35)25-22)15-6-8-17(9-7-15)34-16-4-2-1-3-5-16/h1-12H,13H2,(H,25,28,35). The summed E-state index contributed by atoms with van der Waals surface area (Å²) >= 11 is 5.22. The predicted octanol–water partition coefficient (Wildman–Crippen LogP) is 3.95. The molecule has 35 heavy (non-hydrogen) atoms. The Bertz CT molecular complexity index is 1400. The Hall–Kier alpha value is -4.77. The maximum atomic E-state index is 13.3. The molecular formula is C24H15N3O7S. The molecule has 5 rings (SSSR count). The maximum Gasteiger partial charge on any atom is 0.280 e. The van der Waals surface area contributed by atoms with Crippen molar-refractivity contribution in [1.29, 1.82) is 0 Å². The molecule has 2 amide bonds. The van der Waals surface area contributed by atoms with E-state index in [1.165, 1.54) is 12.1 Å². The number of rotatable bonds is 5. The third-order valence-corrected chi connectivity index (χ3v) is 5.48. The molecule has 0 atom stereocenters. The molecule has 0 bridgehead atoms. The largest absolute Gasteiger partial charge is 0.457 e. The number of carbonyl (C=O) groups excluding carboxylic acids is 2. The average molecular weight is 489 g/mol. The number of nitro groups is 1. The second-order valence-corrected chi connectivity index (χ2v) is 7.77. The number of benzene rings is 3. The first-order valence-corrected chi connectivity index (χ1v) is 10.6. The van der Waals surface area contributed by atoms with Crippen molar-refractivity contribution in [3.63, 3.8) is 0 Å². The monoisotopic (exact) mass is 489 g/mol. The highest BCUT2D eigenvalue weighted by molar-refractivity contribution is 7.80. The molecule has 3 aromatic rings. The van der Waals surface area contributed by atoms with E-state index in [2.05, 4.69) is 5.32 Å². The molecular weight excluding hydrogens is 474 g/mol. The number of hydrogen-bond donors (Lipinski definition) is 1. The lowest BCUT2D eigenvalue weighted by Gasteiger charge is -2.29. The van der Waals surface area contributed by atoms with Gasteiger partial charge in [0.25, 0.3) is 17.5 Å². The van der Waals surface area contributed by atoms with Gasteiger partial charge < -0.3 is 14.2 Å². The van der Waals surface area contributed by atoms with E-state index >= 15 is 0 Å². The maximum absolute atomic E-state index is 13.3. The Balaban J connectivity index is 1.46. The van der Waals surface area contributed by atoms with Crippen LogP contribution in [0.25, 0.3) is 6.08 Å². The van der Waals surface area contributed by atoms with E-state index in [4.69, 9.17) is 26.4 Å². The van der Waals surface area contributed by atoms with Crippen molar-refractivity contribution in [2.45, 2.75) is 0 Å². The first-order chi connectivity index (χ1) is 16.9. The van der Waals surface area contributed by atoms with Crippen LogP contribution in [0.1, 0.15) is 5.56 Å². The summed E-state index contributed by atoms with van der Waals surface area (Å²) in [5.74, 6) is 0.153. The number of anilines is 1. The Morgan fingerprint density at radius 1 is 1.00 bits per heavy atom. The number of nitrogens with one attached hydrogen (secondary N) is 1. The van der Waals surface area contributed by atoms with Crippen molar-refractivity contribution < 1.29 is 28.7 Å². The zero-order valence-electron chi connectivity index (χ0n) is 17.8. The molecule has 10 nitrogen and oxygen atoms in total. The lowest BCUT2D eigenvalue weighted by Crippen LogP contribution is -2.54. The van der Waals surface area contributed by atoms with Gasteiger partial charge in [-0.2, -0.15) is 0 Å². The molecule has 3 aromatic carbocycles. The van der Waals surface area contributed by atoms with Crippen molar-refractivity contribution in [1.82, 2.24) is 5.32 Å². The molecule has 1 saturated heterocycles. The van der Waals surface area contributed by atoms with Gasteiger partial charge in [-0.3, -0.25) is 29.9 Å². The number of amides is 2. The number of fused-ring (bicyclic) bond motifs is 1. The fraction of sp³-hybridized carbons (Fsp3) is 0.0417. The zero-order valence-corrected chi connectivity index (χ0v) is 18.6. The van der Waals surface area contributed by atoms with Gasteiger partial charge in [-0.25, -0.2) is 0 Å². The number of nitrogens with zero attached hydrogens (tertiary/aromatic N) is 2. The van der Waals surface area contributed by atoms with Gasteiger partial charge >= 0.3 is 0 Å². The van der Waals surface area contributed by atoms with Gasteiger partial charge in [-0.15, -0.1) is 0 Å². The molecule has 0 aliphatic carbocycles. The summed E-state index contributed by atoms with van der Waals surface area (Å²) < 4.78 is 16.2. The number of nitro benzene ring substituents is 1. The predicted molar refractivity (Wildman–Crippen MR) is 128 cm³/mol. The summed E-state index contributed by atoms with van der Waals surface area (Å²) in [7, 11) is 0. The highest BCUT2D eigenvalue weighted by Gasteiger charge is 2.35. The highest BCUT2D eigenvalue weighted by Crippen LogP contribution is 2.39. The fourth-order valence-electron chi connectivity index (χ4n) is 3.56. The third kappa shape index (κ3) is 4.27. The van der Waals surface area contributed by atoms with E-state index in [0.717, 1.165) is 11.0 Å². The summed E-state index contributed by atoms with van der Waals surface area (Å²) in [5.41, 5.74) is -0.279. The van der Waals surface area contributed by atoms with Gasteiger partial charge in [0.2, 0.25) is 6.79 Å². The minimum absolute atomic E-state index is 0.0112. The van der Waals surface area contributed by atoms with Gasteiger partial charge in [0.05, 0.1) is 22.2 Å². The lowest BCUT2D eigenvalue weighted by molar-refractivity contribution is -0.385. The Kier molecular flexibility index (Phi) is 5.59. The minimum Gasteiger partial charge on any atom is -0.457 e. The van der Waals surface area contributed by atoms with Gasteiger partial charge in [0.1, 0.15) is 17.1 Å². The van der Waals surface area contributed by atoms with E-state index in [0.29, 0.717) is 17.2 Å². The third-order valence-electron chi connectivity index (χ3n) is 5.19. The molecule has 0 unspecified atom stereocenters. The van der Waals surface area contributed by atoms with E-state index < -0.39 is 16.7 Å². The Morgan fingerprint density at radius 2 is 1.66 bits per heavy atom. The smallest absolute Gasteiger partial charge is 0.280 e. The molecule has 11 heteroatoms. The van der Waals surface area contributed by atoms with Crippen LogP contribution in [0, 0.1) is 10.1 Å². The van der Waals surface area contributed by atoms with E-state index in [1.807, 2.05) is 18.2 Å². The zero-order chi connectivity index (χ0) is 24.5. The molecule has 0 spiro atoms. The quantitative estimate of drug-likeness (QED) is 0.188. The normalized spacial score (nSPS) is 15.8. The van der Waals surface area contributed by atoms with Crippen molar-refractivity contribution in [3.05, 3.63) is 88.0 Å². The molecule has 0 saturated carbocycles. The van der Waals surface area contributed by atoms with Crippen molar-refractivity contribution in [2.75, 3.05) is 11.7 Å². The number of carbonyl (C=O) groups is 2. The minimum atomic E-state index is -0.771. The van der Waals surface area contributed by atoms with Crippen LogP contribution in [-0.4, -0.2) is 28.6 Å². The van der Waals surface area contributed by atoms with Crippen molar-refractivity contribution in [3.8, 4) is 23.0 Å². The molecule has 0 aromatic heterocycles. The molecule has 1 fully saturated rings. The summed E-state index contributed by atoms with van der Waals surface area (Å²) in [6.07, 6.45) is 1.14. The molecule has 2 heterocycles. The molecule has 2 aliphatic heterocycles. The van der Waals surface area contributed by atoms with Crippen LogP contribution >= 0.6 is 12.2 Å². The lowest BCUT2D eigenvalue weighted by atomic mass is 10.0. The van der Waals surface area contributed by atoms with E-state index in [9.17, 15) is 19.7 Å². The molecule has 2 aliphatic rings. The first kappa shape index (κ1) is 22.0. The summed E-state index contributed by atoms with van der Waals surface area (Å²) in [6.45, 7) is -0.0854. The number of hydrogen-bond acceptors (Lipinski definition) is 8. The topological polar surface area (TPSA) is 120 Å². The van der Waals surface area contributed by atoms with Gasteiger partial charge in [0.15, 0.2) is 16.6 Å². The Morgan fingerprint density at radius 3 is 2.34 bits per heavy atom. The highest BCUT2D eigenvalue weighted by atomic mass is 32.1. The van der Waals surface area contributed by atoms with E-state index in [1.54, 1.807) is 36.4 Å². The van der Waals surface area contributed by atoms with Gasteiger partial charge in [-0.05, 0) is 60.8 Å². The van der Waals surface area contributed by atoms with Crippen LogP contribution in [0.5, 0.6) is 23.0 Å². The van der Waals surface area contributed by atoms with Gasteiger partial charge in [-0.1, -0.05) is 18.2 Å². The van der Waals surface area contributed by atoms with Crippen LogP contribution in [-0.2, 0) is 9.59 Å². The molecule has 0 radical (unpaired) electrons. The van der Waals surface area contributed by atoms with Crippen LogP contribution in [0.4, 0.5) is 11.4 Å². The second-order valence-electron chi connectivity index (χ2n) is 7.39. The van der Waals surface area contributed by atoms with Crippen molar-refractivity contribution >= 4 is 46.6 Å². The van der Waals surface area contributed by atoms with Crippen LogP contribution in [0.15, 0.2) is 72.3 Å². The number of ether oxygens (including phenoxy) is 3. The van der Waals surface area contributed by atoms with Gasteiger partial charge in [0, 0.05) is 0 Å². The summed E-state index contributed by atoms with van der Waals surface area (Å²) in [4.78, 5) is 38.0. The Labute approximate surface area is 203 Å². The molecule has 174 valence electrons. The van der Waals surface area contributed by atoms with Crippen LogP contribution in [0.2, 0.25) is 0 Å². The summed E-state index contributed by atoms with van der Waals surface area (Å²) in [5, 5.41) is 13.9. The number of thiocarbonyl (C=S) groups is 1. The van der Waals surface area contributed by atoms with Crippen LogP contribution in [0.3, 0.4) is 0 Å². The molecule has 1 N–H and O–H groups in total. The number of para-hydroxylation sites is 1. The first-order valence-electron chi connectivity index (χ1n) is 10.2. The fourth-order valence-corrected chi connectivity index (χ4v) is 3.84. The average Bonchev–Trinajstić information content (AvgIpc) is 3.30.